The first-order valence-electron chi connectivity index (χ1n) is 8.07. The number of carbonyl (C=O) groups is 1. The minimum Gasteiger partial charge on any atom is -0.444 e. The maximum absolute atomic E-state index is 12.1. The van der Waals surface area contributed by atoms with Crippen molar-refractivity contribution >= 4 is 11.8 Å². The van der Waals surface area contributed by atoms with Gasteiger partial charge in [0.2, 0.25) is 0 Å². The number of aromatic nitrogens is 1. The molecule has 0 aliphatic carbocycles. The van der Waals surface area contributed by atoms with Crippen molar-refractivity contribution in [3.63, 3.8) is 0 Å². The van der Waals surface area contributed by atoms with Crippen LogP contribution in [-0.4, -0.2) is 40.7 Å². The summed E-state index contributed by atoms with van der Waals surface area (Å²) in [4.78, 5) is 18.3. The summed E-state index contributed by atoms with van der Waals surface area (Å²) in [5, 5.41) is 3.57. The minimum absolute atomic E-state index is 0.207. The van der Waals surface area contributed by atoms with E-state index in [-0.39, 0.29) is 6.09 Å². The molecule has 5 heteroatoms. The Morgan fingerprint density at radius 1 is 1.41 bits per heavy atom. The molecule has 122 valence electrons. The van der Waals surface area contributed by atoms with E-state index in [0.29, 0.717) is 6.04 Å². The van der Waals surface area contributed by atoms with Crippen LogP contribution in [0.15, 0.2) is 18.3 Å². The highest BCUT2D eigenvalue weighted by Gasteiger charge is 2.26. The zero-order valence-electron chi connectivity index (χ0n) is 14.1. The van der Waals surface area contributed by atoms with Gasteiger partial charge in [0, 0.05) is 25.3 Å². The van der Waals surface area contributed by atoms with Gasteiger partial charge in [-0.05, 0) is 52.2 Å². The number of likely N-dealkylation sites (tertiary alicyclic amines) is 1. The van der Waals surface area contributed by atoms with E-state index in [1.165, 1.54) is 0 Å². The first-order valence-corrected chi connectivity index (χ1v) is 8.07. The number of anilines is 1. The van der Waals surface area contributed by atoms with E-state index in [4.69, 9.17) is 4.74 Å². The highest BCUT2D eigenvalue weighted by molar-refractivity contribution is 5.68. The third kappa shape index (κ3) is 4.61. The Labute approximate surface area is 133 Å². The number of nitrogens with zero attached hydrogens (tertiary/aromatic N) is 2. The molecule has 0 radical (unpaired) electrons. The van der Waals surface area contributed by atoms with Crippen molar-refractivity contribution < 1.29 is 9.53 Å². The summed E-state index contributed by atoms with van der Waals surface area (Å²) in [5.74, 6) is 0. The van der Waals surface area contributed by atoms with Crippen molar-refractivity contribution in [2.24, 2.45) is 0 Å². The second-order valence-corrected chi connectivity index (χ2v) is 6.74. The second-order valence-electron chi connectivity index (χ2n) is 6.74. The third-order valence-electron chi connectivity index (χ3n) is 3.73. The van der Waals surface area contributed by atoms with Crippen LogP contribution in [0.1, 0.15) is 46.2 Å². The molecule has 1 aromatic heterocycles. The molecule has 1 aliphatic rings. The lowest BCUT2D eigenvalue weighted by atomic mass is 10.0. The summed E-state index contributed by atoms with van der Waals surface area (Å²) in [7, 11) is 0. The molecule has 1 fully saturated rings. The summed E-state index contributed by atoms with van der Waals surface area (Å²) in [6, 6.07) is 4.41. The van der Waals surface area contributed by atoms with Gasteiger partial charge >= 0.3 is 6.09 Å². The Kier molecular flexibility index (Phi) is 5.27. The van der Waals surface area contributed by atoms with E-state index in [9.17, 15) is 4.79 Å². The molecule has 0 spiro atoms. The Hall–Kier alpha value is -1.78. The SMILES string of the molecule is CCc1ncccc1NC1CCN(C(=O)OC(C)(C)C)CC1. The number of rotatable bonds is 3. The zero-order chi connectivity index (χ0) is 16.2. The molecule has 0 saturated carbocycles. The van der Waals surface area contributed by atoms with Crippen LogP contribution in [0, 0.1) is 0 Å². The van der Waals surface area contributed by atoms with E-state index >= 15 is 0 Å². The fourth-order valence-electron chi connectivity index (χ4n) is 2.60. The lowest BCUT2D eigenvalue weighted by molar-refractivity contribution is 0.0210. The lowest BCUT2D eigenvalue weighted by Gasteiger charge is -2.34. The molecule has 22 heavy (non-hydrogen) atoms. The smallest absolute Gasteiger partial charge is 0.410 e. The highest BCUT2D eigenvalue weighted by Crippen LogP contribution is 2.20. The molecule has 1 amide bonds. The molecule has 1 aromatic rings. The van der Waals surface area contributed by atoms with Crippen LogP contribution in [0.3, 0.4) is 0 Å². The van der Waals surface area contributed by atoms with Crippen LogP contribution in [0.4, 0.5) is 10.5 Å². The summed E-state index contributed by atoms with van der Waals surface area (Å²) >= 11 is 0. The zero-order valence-corrected chi connectivity index (χ0v) is 14.1. The number of hydrogen-bond donors (Lipinski definition) is 1. The number of aryl methyl sites for hydroxylation is 1. The van der Waals surface area contributed by atoms with E-state index < -0.39 is 5.60 Å². The van der Waals surface area contributed by atoms with Gasteiger partial charge in [-0.2, -0.15) is 0 Å². The summed E-state index contributed by atoms with van der Waals surface area (Å²) in [6.07, 6.45) is 4.39. The summed E-state index contributed by atoms with van der Waals surface area (Å²) in [5.41, 5.74) is 1.77. The molecular weight excluding hydrogens is 278 g/mol. The summed E-state index contributed by atoms with van der Waals surface area (Å²) < 4.78 is 5.42. The number of ether oxygens (including phenoxy) is 1. The van der Waals surface area contributed by atoms with E-state index in [1.807, 2.05) is 33.0 Å². The number of carbonyl (C=O) groups excluding carboxylic acids is 1. The van der Waals surface area contributed by atoms with Crippen LogP contribution in [0.5, 0.6) is 0 Å². The average molecular weight is 305 g/mol. The first kappa shape index (κ1) is 16.6. The van der Waals surface area contributed by atoms with Gasteiger partial charge in [-0.1, -0.05) is 6.92 Å². The average Bonchev–Trinajstić information content (AvgIpc) is 2.47. The van der Waals surface area contributed by atoms with Gasteiger partial charge in [0.25, 0.3) is 0 Å². The number of amides is 1. The molecule has 2 heterocycles. The molecule has 0 unspecified atom stereocenters. The Bertz CT molecular complexity index is 503. The molecule has 5 nitrogen and oxygen atoms in total. The molecule has 2 rings (SSSR count). The second kappa shape index (κ2) is 6.99. The van der Waals surface area contributed by atoms with Gasteiger partial charge < -0.3 is 15.0 Å². The number of pyridine rings is 1. The maximum Gasteiger partial charge on any atom is 0.410 e. The topological polar surface area (TPSA) is 54.5 Å². The van der Waals surface area contributed by atoms with E-state index in [0.717, 1.165) is 43.7 Å². The van der Waals surface area contributed by atoms with Gasteiger partial charge in [-0.25, -0.2) is 4.79 Å². The van der Waals surface area contributed by atoms with Crippen molar-refractivity contribution in [3.8, 4) is 0 Å². The predicted octanol–water partition coefficient (Wildman–Crippen LogP) is 3.46. The van der Waals surface area contributed by atoms with E-state index in [2.05, 4.69) is 23.3 Å². The van der Waals surface area contributed by atoms with Gasteiger partial charge in [-0.15, -0.1) is 0 Å². The van der Waals surface area contributed by atoms with Crippen molar-refractivity contribution in [3.05, 3.63) is 24.0 Å². The first-order chi connectivity index (χ1) is 10.4. The van der Waals surface area contributed by atoms with Gasteiger partial charge in [-0.3, -0.25) is 4.98 Å². The predicted molar refractivity (Wildman–Crippen MR) is 88.1 cm³/mol. The van der Waals surface area contributed by atoms with Crippen molar-refractivity contribution in [2.75, 3.05) is 18.4 Å². The highest BCUT2D eigenvalue weighted by atomic mass is 16.6. The monoisotopic (exact) mass is 305 g/mol. The quantitative estimate of drug-likeness (QED) is 0.929. The van der Waals surface area contributed by atoms with Crippen LogP contribution < -0.4 is 5.32 Å². The lowest BCUT2D eigenvalue weighted by Crippen LogP contribution is -2.44. The number of piperidine rings is 1. The molecular formula is C17H27N3O2. The molecule has 1 saturated heterocycles. The standard InChI is InChI=1S/C17H27N3O2/c1-5-14-15(7-6-10-18-14)19-13-8-11-20(12-9-13)16(21)22-17(2,3)4/h6-7,10,13,19H,5,8-9,11-12H2,1-4H3. The molecule has 1 aliphatic heterocycles. The van der Waals surface area contributed by atoms with Crippen LogP contribution in [-0.2, 0) is 11.2 Å². The number of nitrogens with one attached hydrogen (secondary N) is 1. The van der Waals surface area contributed by atoms with Gasteiger partial charge in [0.15, 0.2) is 0 Å². The Morgan fingerprint density at radius 2 is 2.09 bits per heavy atom. The molecule has 0 atom stereocenters. The van der Waals surface area contributed by atoms with Crippen LogP contribution in [0.2, 0.25) is 0 Å². The fourth-order valence-corrected chi connectivity index (χ4v) is 2.60. The van der Waals surface area contributed by atoms with Gasteiger partial charge in [0.1, 0.15) is 5.60 Å². The van der Waals surface area contributed by atoms with Crippen LogP contribution >= 0.6 is 0 Å². The Morgan fingerprint density at radius 3 is 2.68 bits per heavy atom. The van der Waals surface area contributed by atoms with Gasteiger partial charge in [0.05, 0.1) is 11.4 Å². The fraction of sp³-hybridized carbons (Fsp3) is 0.647. The molecule has 0 bridgehead atoms. The summed E-state index contributed by atoms with van der Waals surface area (Å²) in [6.45, 7) is 9.26. The molecule has 1 N–H and O–H groups in total. The van der Waals surface area contributed by atoms with Crippen molar-refractivity contribution in [1.29, 1.82) is 0 Å². The van der Waals surface area contributed by atoms with Crippen molar-refractivity contribution in [1.82, 2.24) is 9.88 Å². The van der Waals surface area contributed by atoms with E-state index in [1.54, 1.807) is 4.90 Å². The normalized spacial score (nSPS) is 16.5. The maximum atomic E-state index is 12.1. The minimum atomic E-state index is -0.433. The third-order valence-corrected chi connectivity index (χ3v) is 3.73. The number of hydrogen-bond acceptors (Lipinski definition) is 4. The van der Waals surface area contributed by atoms with Crippen LogP contribution in [0.25, 0.3) is 0 Å². The van der Waals surface area contributed by atoms with Crippen molar-refractivity contribution in [2.45, 2.75) is 58.6 Å². The largest absolute Gasteiger partial charge is 0.444 e. The Balaban J connectivity index is 1.86. The molecule has 0 aromatic carbocycles.